The first-order valence-electron chi connectivity index (χ1n) is 13.2. The number of hydrogen-bond donors (Lipinski definition) is 1. The molecule has 2 aromatic heterocycles. The molecule has 0 bridgehead atoms. The van der Waals surface area contributed by atoms with E-state index >= 15 is 0 Å². The lowest BCUT2D eigenvalue weighted by molar-refractivity contribution is -0.140. The molecule has 11 nitrogen and oxygen atoms in total. The van der Waals surface area contributed by atoms with Crippen LogP contribution in [0.15, 0.2) is 65.7 Å². The van der Waals surface area contributed by atoms with Gasteiger partial charge < -0.3 is 10.0 Å². The number of aliphatic carboxylic acids is 1. The molecule has 1 N–H and O–H groups in total. The van der Waals surface area contributed by atoms with Crippen LogP contribution in [0.2, 0.25) is 10.0 Å². The fraction of sp³-hybridized carbons (Fsp3) is 0.321. The molecule has 15 heteroatoms. The largest absolute Gasteiger partial charge is 0.480 e. The summed E-state index contributed by atoms with van der Waals surface area (Å²) in [5.74, 6) is -0.122. The summed E-state index contributed by atoms with van der Waals surface area (Å²) in [6.07, 6.45) is 1.75. The van der Waals surface area contributed by atoms with Crippen LogP contribution in [0.25, 0.3) is 16.7 Å². The van der Waals surface area contributed by atoms with E-state index in [9.17, 15) is 26.7 Å². The van der Waals surface area contributed by atoms with E-state index in [0.29, 0.717) is 35.6 Å². The minimum atomic E-state index is -4.45. The number of nitrogens with zero attached hydrogens (tertiary/aromatic N) is 5. The van der Waals surface area contributed by atoms with Crippen LogP contribution in [0.4, 0.5) is 11.5 Å². The standard InChI is InChI=1S/C28H29Cl2N5O6S2/c1-28(2,3)26(27(36)37)35(43(40,41)22-16-19(29)15-20(30)17-22)21-4-5-23-18(14-21)8-9-34(23)25-7-6-24(31-32-25)33-10-12-42(38,39)13-11-33/h4-9,14-17,26H,10-13H2,1-3H3,(H,36,37). The molecule has 1 atom stereocenters. The van der Waals surface area contributed by atoms with E-state index in [1.165, 1.54) is 18.2 Å². The summed E-state index contributed by atoms with van der Waals surface area (Å²) < 4.78 is 54.3. The number of aromatic nitrogens is 3. The number of carboxylic acids is 1. The van der Waals surface area contributed by atoms with Gasteiger partial charge in [-0.05, 0) is 60.0 Å². The highest BCUT2D eigenvalue weighted by Crippen LogP contribution is 2.37. The lowest BCUT2D eigenvalue weighted by atomic mass is 9.86. The van der Waals surface area contributed by atoms with E-state index in [1.54, 1.807) is 67.9 Å². The van der Waals surface area contributed by atoms with Crippen molar-refractivity contribution in [3.63, 3.8) is 0 Å². The van der Waals surface area contributed by atoms with Gasteiger partial charge in [-0.25, -0.2) is 21.6 Å². The van der Waals surface area contributed by atoms with Crippen molar-refractivity contribution in [1.29, 1.82) is 0 Å². The molecule has 1 saturated heterocycles. The fourth-order valence-electron chi connectivity index (χ4n) is 5.06. The number of anilines is 2. The molecule has 1 aliphatic rings. The molecule has 4 aromatic rings. The Balaban J connectivity index is 1.55. The molecule has 228 valence electrons. The summed E-state index contributed by atoms with van der Waals surface area (Å²) >= 11 is 12.2. The summed E-state index contributed by atoms with van der Waals surface area (Å²) in [6.45, 7) is 5.65. The summed E-state index contributed by atoms with van der Waals surface area (Å²) in [5, 5.41) is 19.7. The number of halogens is 2. The molecule has 43 heavy (non-hydrogen) atoms. The molecule has 5 rings (SSSR count). The predicted octanol–water partition coefficient (Wildman–Crippen LogP) is 4.66. The number of rotatable bonds is 7. The fourth-order valence-corrected chi connectivity index (χ4v) is 8.77. The third-order valence-electron chi connectivity index (χ3n) is 7.16. The molecule has 1 fully saturated rings. The van der Waals surface area contributed by atoms with Crippen LogP contribution in [0.3, 0.4) is 0 Å². The van der Waals surface area contributed by atoms with E-state index in [1.807, 2.05) is 4.90 Å². The van der Waals surface area contributed by atoms with E-state index < -0.39 is 37.3 Å². The van der Waals surface area contributed by atoms with Gasteiger partial charge >= 0.3 is 5.97 Å². The van der Waals surface area contributed by atoms with Gasteiger partial charge in [-0.1, -0.05) is 44.0 Å². The number of carbonyl (C=O) groups is 1. The topological polar surface area (TPSA) is 143 Å². The molecule has 2 aromatic carbocycles. The first kappa shape index (κ1) is 31.0. The first-order valence-corrected chi connectivity index (χ1v) is 17.2. The Morgan fingerprint density at radius 1 is 0.953 bits per heavy atom. The zero-order chi connectivity index (χ0) is 31.3. The maximum Gasteiger partial charge on any atom is 0.328 e. The SMILES string of the molecule is CC(C)(C)C(C(=O)O)N(c1ccc2c(ccn2-c2ccc(N3CCS(=O)(=O)CC3)nn2)c1)S(=O)(=O)c1cc(Cl)cc(Cl)c1. The Morgan fingerprint density at radius 3 is 2.12 bits per heavy atom. The van der Waals surface area contributed by atoms with Crippen molar-refractivity contribution in [1.82, 2.24) is 14.8 Å². The maximum atomic E-state index is 14.1. The molecular formula is C28H29Cl2N5O6S2. The van der Waals surface area contributed by atoms with E-state index in [4.69, 9.17) is 23.2 Å². The van der Waals surface area contributed by atoms with Crippen LogP contribution in [-0.4, -0.2) is 73.3 Å². The second-order valence-corrected chi connectivity index (χ2v) is 16.3. The normalized spacial score (nSPS) is 16.3. The molecule has 1 unspecified atom stereocenters. The highest BCUT2D eigenvalue weighted by Gasteiger charge is 2.43. The van der Waals surface area contributed by atoms with Crippen LogP contribution in [-0.2, 0) is 24.7 Å². The Labute approximate surface area is 259 Å². The van der Waals surface area contributed by atoms with Crippen molar-refractivity contribution in [2.75, 3.05) is 33.8 Å². The zero-order valence-corrected chi connectivity index (χ0v) is 26.6. The average Bonchev–Trinajstić information content (AvgIpc) is 3.33. The van der Waals surface area contributed by atoms with Crippen molar-refractivity contribution in [3.05, 3.63) is 70.8 Å². The van der Waals surface area contributed by atoms with Crippen LogP contribution >= 0.6 is 23.2 Å². The number of sulfonamides is 1. The van der Waals surface area contributed by atoms with Gasteiger partial charge in [-0.2, -0.15) is 0 Å². The molecule has 0 radical (unpaired) electrons. The summed E-state index contributed by atoms with van der Waals surface area (Å²) in [7, 11) is -7.48. The van der Waals surface area contributed by atoms with Gasteiger partial charge in [-0.3, -0.25) is 8.87 Å². The molecule has 0 saturated carbocycles. The maximum absolute atomic E-state index is 14.1. The first-order chi connectivity index (χ1) is 20.1. The molecule has 0 aliphatic carbocycles. The quantitative estimate of drug-likeness (QED) is 0.298. The summed E-state index contributed by atoms with van der Waals surface area (Å²) in [6, 6.07) is 12.5. The van der Waals surface area contributed by atoms with E-state index in [0.717, 1.165) is 4.31 Å². The monoisotopic (exact) mass is 665 g/mol. The van der Waals surface area contributed by atoms with Gasteiger partial charge in [0.15, 0.2) is 21.5 Å². The van der Waals surface area contributed by atoms with Crippen molar-refractivity contribution >= 4 is 71.4 Å². The lowest BCUT2D eigenvalue weighted by Gasteiger charge is -2.37. The number of sulfone groups is 1. The molecular weight excluding hydrogens is 637 g/mol. The third-order valence-corrected chi connectivity index (χ3v) is 11.0. The Hall–Kier alpha value is -3.39. The van der Waals surface area contributed by atoms with Crippen molar-refractivity contribution in [2.24, 2.45) is 5.41 Å². The Morgan fingerprint density at radius 2 is 1.56 bits per heavy atom. The second-order valence-electron chi connectivity index (χ2n) is 11.3. The summed E-state index contributed by atoms with van der Waals surface area (Å²) in [5.41, 5.74) is -0.177. The van der Waals surface area contributed by atoms with Gasteiger partial charge in [0.1, 0.15) is 6.04 Å². The van der Waals surface area contributed by atoms with Crippen molar-refractivity contribution in [3.8, 4) is 5.82 Å². The van der Waals surface area contributed by atoms with E-state index in [2.05, 4.69) is 10.2 Å². The average molecular weight is 667 g/mol. The van der Waals surface area contributed by atoms with Gasteiger partial charge in [0.05, 0.1) is 27.6 Å². The number of fused-ring (bicyclic) bond motifs is 1. The lowest BCUT2D eigenvalue weighted by Crippen LogP contribution is -2.52. The zero-order valence-electron chi connectivity index (χ0n) is 23.5. The van der Waals surface area contributed by atoms with Crippen molar-refractivity contribution in [2.45, 2.75) is 31.7 Å². The molecule has 0 amide bonds. The van der Waals surface area contributed by atoms with Crippen LogP contribution in [0, 0.1) is 5.41 Å². The second kappa shape index (κ2) is 11.3. The van der Waals surface area contributed by atoms with E-state index in [-0.39, 0.29) is 32.1 Å². The van der Waals surface area contributed by atoms with Gasteiger partial charge in [0, 0.05) is 34.7 Å². The number of hydrogen-bond acceptors (Lipinski definition) is 8. The Bertz CT molecular complexity index is 1890. The minimum Gasteiger partial charge on any atom is -0.480 e. The van der Waals surface area contributed by atoms with Gasteiger partial charge in [0.25, 0.3) is 10.0 Å². The summed E-state index contributed by atoms with van der Waals surface area (Å²) in [4.78, 5) is 14.2. The van der Waals surface area contributed by atoms with Crippen LogP contribution < -0.4 is 9.21 Å². The van der Waals surface area contributed by atoms with Crippen molar-refractivity contribution < 1.29 is 26.7 Å². The molecule has 1 aliphatic heterocycles. The highest BCUT2D eigenvalue weighted by molar-refractivity contribution is 7.93. The Kier molecular flexibility index (Phi) is 8.14. The molecule has 0 spiro atoms. The van der Waals surface area contributed by atoms with Gasteiger partial charge in [-0.15, -0.1) is 10.2 Å². The third kappa shape index (κ3) is 6.30. The minimum absolute atomic E-state index is 0.0655. The number of carboxylic acid groups (broad SMARTS) is 1. The van der Waals surface area contributed by atoms with Gasteiger partial charge in [0.2, 0.25) is 0 Å². The van der Waals surface area contributed by atoms with Crippen LogP contribution in [0.5, 0.6) is 0 Å². The number of benzene rings is 2. The van der Waals surface area contributed by atoms with Crippen LogP contribution in [0.1, 0.15) is 20.8 Å². The highest BCUT2D eigenvalue weighted by atomic mass is 35.5. The predicted molar refractivity (Wildman–Crippen MR) is 167 cm³/mol. The smallest absolute Gasteiger partial charge is 0.328 e. The molecule has 3 heterocycles.